The van der Waals surface area contributed by atoms with Gasteiger partial charge in [0.05, 0.1) is 15.0 Å². The van der Waals surface area contributed by atoms with E-state index in [4.69, 9.17) is 27.6 Å². The van der Waals surface area contributed by atoms with Crippen molar-refractivity contribution < 1.29 is 22.4 Å². The summed E-state index contributed by atoms with van der Waals surface area (Å²) in [6.07, 6.45) is 4.57. The van der Waals surface area contributed by atoms with E-state index < -0.39 is 21.2 Å². The molecule has 2 N–H and O–H groups in total. The quantitative estimate of drug-likeness (QED) is 0.471. The Labute approximate surface area is 197 Å². The van der Waals surface area contributed by atoms with Crippen molar-refractivity contribution >= 4 is 73.2 Å². The number of rotatable bonds is 5. The minimum atomic E-state index is -3.91. The molecule has 1 aliphatic rings. The van der Waals surface area contributed by atoms with E-state index in [1.165, 1.54) is 24.4 Å². The zero-order valence-electron chi connectivity index (χ0n) is 16.6. The SMILES string of the molecule is CC(C)NS(=O)(=O)c1c(Cl)cc(-c2cncc3cc(/C=C4\SC(=O)NC4=O)oc23)cc1Cl. The molecule has 0 aliphatic carbocycles. The number of sulfonamides is 1. The molecule has 1 aromatic carbocycles. The number of imide groups is 1. The van der Waals surface area contributed by atoms with Crippen LogP contribution in [-0.4, -0.2) is 30.6 Å². The lowest BCUT2D eigenvalue weighted by Crippen LogP contribution is -2.30. The topological polar surface area (TPSA) is 118 Å². The van der Waals surface area contributed by atoms with E-state index in [-0.39, 0.29) is 25.9 Å². The largest absolute Gasteiger partial charge is 0.456 e. The van der Waals surface area contributed by atoms with Gasteiger partial charge in [-0.3, -0.25) is 19.9 Å². The lowest BCUT2D eigenvalue weighted by Gasteiger charge is -2.14. The highest BCUT2D eigenvalue weighted by molar-refractivity contribution is 8.18. The molecule has 1 fully saturated rings. The summed E-state index contributed by atoms with van der Waals surface area (Å²) in [6, 6.07) is 4.27. The molecule has 166 valence electrons. The molecule has 0 saturated carbocycles. The number of hydrogen-bond acceptors (Lipinski definition) is 7. The summed E-state index contributed by atoms with van der Waals surface area (Å²) in [5, 5.41) is 2.26. The molecule has 0 spiro atoms. The molecule has 2 aromatic heterocycles. The number of furan rings is 1. The van der Waals surface area contributed by atoms with Crippen LogP contribution in [0.1, 0.15) is 19.6 Å². The van der Waals surface area contributed by atoms with Gasteiger partial charge in [-0.25, -0.2) is 13.1 Å². The number of carbonyl (C=O) groups excluding carboxylic acids is 2. The first-order valence-electron chi connectivity index (χ1n) is 9.19. The second-order valence-corrected chi connectivity index (χ2v) is 10.6. The van der Waals surface area contributed by atoms with Crippen molar-refractivity contribution in [2.24, 2.45) is 0 Å². The molecule has 3 heterocycles. The van der Waals surface area contributed by atoms with Crippen LogP contribution in [0.4, 0.5) is 4.79 Å². The fourth-order valence-electron chi connectivity index (χ4n) is 3.15. The maximum absolute atomic E-state index is 12.6. The number of nitrogens with one attached hydrogen (secondary N) is 2. The average Bonchev–Trinajstić information content (AvgIpc) is 3.21. The van der Waals surface area contributed by atoms with Gasteiger partial charge >= 0.3 is 0 Å². The predicted octanol–water partition coefficient (Wildman–Crippen LogP) is 4.81. The van der Waals surface area contributed by atoms with E-state index in [1.807, 2.05) is 0 Å². The Balaban J connectivity index is 1.79. The summed E-state index contributed by atoms with van der Waals surface area (Å²) in [4.78, 5) is 27.3. The molecular weight excluding hydrogens is 497 g/mol. The molecule has 4 rings (SSSR count). The highest BCUT2D eigenvalue weighted by Crippen LogP contribution is 2.38. The second kappa shape index (κ2) is 8.53. The first-order chi connectivity index (χ1) is 15.0. The summed E-state index contributed by atoms with van der Waals surface area (Å²) in [7, 11) is -3.91. The lowest BCUT2D eigenvalue weighted by molar-refractivity contribution is -0.115. The fraction of sp³-hybridized carbons (Fsp3) is 0.150. The molecule has 0 atom stereocenters. The minimum Gasteiger partial charge on any atom is -0.456 e. The van der Waals surface area contributed by atoms with Gasteiger partial charge in [0.15, 0.2) is 0 Å². The standard InChI is InChI=1S/C20H15Cl2N3O5S2/c1-9(2)25-32(28,29)18-14(21)4-10(5-15(18)22)13-8-23-7-11-3-12(30-17(11)13)6-16-19(26)24-20(27)31-16/h3-9,25H,1-2H3,(H,24,26,27)/b16-6-. The van der Waals surface area contributed by atoms with Crippen molar-refractivity contribution in [2.45, 2.75) is 24.8 Å². The van der Waals surface area contributed by atoms with Crippen molar-refractivity contribution in [3.8, 4) is 11.1 Å². The van der Waals surface area contributed by atoms with Crippen molar-refractivity contribution in [1.82, 2.24) is 15.0 Å². The molecule has 12 heteroatoms. The number of carbonyl (C=O) groups is 2. The number of amides is 2. The maximum Gasteiger partial charge on any atom is 0.290 e. The number of halogens is 2. The van der Waals surface area contributed by atoms with Crippen LogP contribution in [0, 0.1) is 0 Å². The predicted molar refractivity (Wildman–Crippen MR) is 124 cm³/mol. The lowest BCUT2D eigenvalue weighted by atomic mass is 10.1. The van der Waals surface area contributed by atoms with Gasteiger partial charge < -0.3 is 4.42 Å². The normalized spacial score (nSPS) is 15.8. The molecule has 1 saturated heterocycles. The van der Waals surface area contributed by atoms with Crippen LogP contribution in [-0.2, 0) is 14.8 Å². The summed E-state index contributed by atoms with van der Waals surface area (Å²) < 4.78 is 33.5. The summed E-state index contributed by atoms with van der Waals surface area (Å²) in [6.45, 7) is 3.38. The molecule has 0 unspecified atom stereocenters. The number of thioether (sulfide) groups is 1. The minimum absolute atomic E-state index is 0.0518. The molecule has 1 aliphatic heterocycles. The molecule has 3 aromatic rings. The van der Waals surface area contributed by atoms with E-state index in [9.17, 15) is 18.0 Å². The summed E-state index contributed by atoms with van der Waals surface area (Å²) in [5.41, 5.74) is 1.46. The van der Waals surface area contributed by atoms with Gasteiger partial charge in [0.25, 0.3) is 11.1 Å². The Hall–Kier alpha value is -2.37. The van der Waals surface area contributed by atoms with Gasteiger partial charge in [-0.05, 0) is 49.4 Å². The van der Waals surface area contributed by atoms with E-state index >= 15 is 0 Å². The van der Waals surface area contributed by atoms with Crippen molar-refractivity contribution in [1.29, 1.82) is 0 Å². The number of fused-ring (bicyclic) bond motifs is 1. The van der Waals surface area contributed by atoms with Gasteiger partial charge in [0.1, 0.15) is 16.2 Å². The maximum atomic E-state index is 12.6. The molecule has 0 radical (unpaired) electrons. The third kappa shape index (κ3) is 4.41. The molecule has 2 amide bonds. The van der Waals surface area contributed by atoms with Gasteiger partial charge in [-0.2, -0.15) is 0 Å². The van der Waals surface area contributed by atoms with Crippen molar-refractivity contribution in [2.75, 3.05) is 0 Å². The van der Waals surface area contributed by atoms with Crippen molar-refractivity contribution in [3.05, 3.63) is 51.3 Å². The number of nitrogens with zero attached hydrogens (tertiary/aromatic N) is 1. The fourth-order valence-corrected chi connectivity index (χ4v) is 6.28. The van der Waals surface area contributed by atoms with Crippen LogP contribution in [0.5, 0.6) is 0 Å². The van der Waals surface area contributed by atoms with Gasteiger partial charge in [-0.15, -0.1) is 0 Å². The van der Waals surface area contributed by atoms with Crippen LogP contribution < -0.4 is 10.0 Å². The highest BCUT2D eigenvalue weighted by Gasteiger charge is 2.26. The van der Waals surface area contributed by atoms with E-state index in [0.717, 1.165) is 11.8 Å². The number of hydrogen-bond donors (Lipinski definition) is 2. The van der Waals surface area contributed by atoms with Crippen LogP contribution >= 0.6 is 35.0 Å². The Morgan fingerprint density at radius 2 is 1.84 bits per heavy atom. The Bertz CT molecular complexity index is 1390. The van der Waals surface area contributed by atoms with Crippen molar-refractivity contribution in [3.63, 3.8) is 0 Å². The monoisotopic (exact) mass is 511 g/mol. The molecular formula is C20H15Cl2N3O5S2. The Morgan fingerprint density at radius 1 is 1.16 bits per heavy atom. The third-order valence-corrected chi connectivity index (χ3v) is 7.72. The summed E-state index contributed by atoms with van der Waals surface area (Å²) >= 11 is 13.4. The van der Waals surface area contributed by atoms with Crippen LogP contribution in [0.15, 0.2) is 44.8 Å². The number of pyridine rings is 1. The number of aromatic nitrogens is 1. The van der Waals surface area contributed by atoms with Crippen LogP contribution in [0.25, 0.3) is 28.2 Å². The van der Waals surface area contributed by atoms with E-state index in [0.29, 0.717) is 27.9 Å². The van der Waals surface area contributed by atoms with Gasteiger partial charge in [0.2, 0.25) is 10.0 Å². The summed E-state index contributed by atoms with van der Waals surface area (Å²) in [5.74, 6) is -0.150. The smallest absolute Gasteiger partial charge is 0.290 e. The van der Waals surface area contributed by atoms with E-state index in [2.05, 4.69) is 15.0 Å². The Kier molecular flexibility index (Phi) is 6.08. The van der Waals surface area contributed by atoms with Crippen LogP contribution in [0.2, 0.25) is 10.0 Å². The average molecular weight is 512 g/mol. The number of benzene rings is 1. The first kappa shape index (κ1) is 22.8. The van der Waals surface area contributed by atoms with Gasteiger partial charge in [0, 0.05) is 35.5 Å². The Morgan fingerprint density at radius 3 is 2.44 bits per heavy atom. The molecule has 32 heavy (non-hydrogen) atoms. The second-order valence-electron chi connectivity index (χ2n) is 7.15. The zero-order valence-corrected chi connectivity index (χ0v) is 19.7. The van der Waals surface area contributed by atoms with Gasteiger partial charge in [-0.1, -0.05) is 23.2 Å². The molecule has 0 bridgehead atoms. The van der Waals surface area contributed by atoms with Crippen LogP contribution in [0.3, 0.4) is 0 Å². The van der Waals surface area contributed by atoms with E-state index in [1.54, 1.807) is 26.1 Å². The first-order valence-corrected chi connectivity index (χ1v) is 12.2. The highest BCUT2D eigenvalue weighted by atomic mass is 35.5. The zero-order chi connectivity index (χ0) is 23.2. The molecule has 8 nitrogen and oxygen atoms in total. The third-order valence-electron chi connectivity index (χ3n) is 4.33.